The SMILES string of the molecule is Cc1ccc(C)n1NCC(O)c1ccc(F)c(F)c1. The van der Waals surface area contributed by atoms with Gasteiger partial charge in [-0.05, 0) is 43.7 Å². The highest BCUT2D eigenvalue weighted by molar-refractivity contribution is 5.21. The van der Waals surface area contributed by atoms with Crippen molar-refractivity contribution < 1.29 is 13.9 Å². The first-order valence-corrected chi connectivity index (χ1v) is 6.01. The number of aliphatic hydroxyl groups excluding tert-OH is 1. The third kappa shape index (κ3) is 2.93. The van der Waals surface area contributed by atoms with Crippen molar-refractivity contribution in [2.24, 2.45) is 0 Å². The van der Waals surface area contributed by atoms with Crippen molar-refractivity contribution in [3.05, 3.63) is 58.9 Å². The summed E-state index contributed by atoms with van der Waals surface area (Å²) in [6.07, 6.45) is -0.906. The maximum atomic E-state index is 13.1. The summed E-state index contributed by atoms with van der Waals surface area (Å²) in [4.78, 5) is 0. The van der Waals surface area contributed by atoms with Crippen LogP contribution in [0.4, 0.5) is 8.78 Å². The monoisotopic (exact) mass is 266 g/mol. The molecule has 0 bridgehead atoms. The fraction of sp³-hybridized carbons (Fsp3) is 0.286. The number of rotatable bonds is 4. The molecule has 0 spiro atoms. The largest absolute Gasteiger partial charge is 0.386 e. The van der Waals surface area contributed by atoms with Gasteiger partial charge in [-0.2, -0.15) is 0 Å². The summed E-state index contributed by atoms with van der Waals surface area (Å²) in [6.45, 7) is 4.08. The summed E-state index contributed by atoms with van der Waals surface area (Å²) in [5.74, 6) is -1.87. The molecule has 0 radical (unpaired) electrons. The van der Waals surface area contributed by atoms with Crippen LogP contribution in [0.3, 0.4) is 0 Å². The number of hydrogen-bond donors (Lipinski definition) is 2. The first-order chi connectivity index (χ1) is 8.99. The van der Waals surface area contributed by atoms with Crippen LogP contribution in [0.5, 0.6) is 0 Å². The molecule has 2 N–H and O–H groups in total. The van der Waals surface area contributed by atoms with Crippen LogP contribution >= 0.6 is 0 Å². The van der Waals surface area contributed by atoms with Gasteiger partial charge in [0.2, 0.25) is 0 Å². The quantitative estimate of drug-likeness (QED) is 0.892. The Kier molecular flexibility index (Phi) is 3.85. The topological polar surface area (TPSA) is 37.2 Å². The minimum absolute atomic E-state index is 0.210. The molecule has 0 aliphatic heterocycles. The number of aryl methyl sites for hydroxylation is 2. The van der Waals surface area contributed by atoms with Crippen LogP contribution in [0.2, 0.25) is 0 Å². The van der Waals surface area contributed by atoms with Gasteiger partial charge in [-0.25, -0.2) is 8.78 Å². The van der Waals surface area contributed by atoms with E-state index >= 15 is 0 Å². The number of halogens is 2. The minimum atomic E-state index is -0.954. The molecule has 102 valence electrons. The Labute approximate surface area is 110 Å². The van der Waals surface area contributed by atoms with Gasteiger partial charge in [-0.15, -0.1) is 0 Å². The van der Waals surface area contributed by atoms with Crippen LogP contribution in [0.25, 0.3) is 0 Å². The fourth-order valence-electron chi connectivity index (χ4n) is 1.93. The van der Waals surface area contributed by atoms with Crippen LogP contribution in [-0.4, -0.2) is 16.3 Å². The van der Waals surface area contributed by atoms with Crippen LogP contribution < -0.4 is 5.43 Å². The third-order valence-corrected chi connectivity index (χ3v) is 3.04. The number of benzene rings is 1. The lowest BCUT2D eigenvalue weighted by Crippen LogP contribution is -2.23. The summed E-state index contributed by atoms with van der Waals surface area (Å²) in [6, 6.07) is 7.30. The Morgan fingerprint density at radius 3 is 2.32 bits per heavy atom. The molecule has 1 heterocycles. The second-order valence-electron chi connectivity index (χ2n) is 4.50. The van der Waals surface area contributed by atoms with Crippen molar-refractivity contribution in [3.8, 4) is 0 Å². The third-order valence-electron chi connectivity index (χ3n) is 3.04. The summed E-state index contributed by atoms with van der Waals surface area (Å²) in [5, 5.41) is 9.95. The van der Waals surface area contributed by atoms with Gasteiger partial charge in [0.15, 0.2) is 11.6 Å². The van der Waals surface area contributed by atoms with Gasteiger partial charge in [-0.1, -0.05) is 6.07 Å². The van der Waals surface area contributed by atoms with Crippen molar-refractivity contribution in [2.45, 2.75) is 20.0 Å². The number of hydrogen-bond acceptors (Lipinski definition) is 2. The molecule has 5 heteroatoms. The lowest BCUT2D eigenvalue weighted by atomic mass is 10.1. The molecule has 1 unspecified atom stereocenters. The molecule has 2 rings (SSSR count). The molecular formula is C14H16F2N2O. The number of aromatic nitrogens is 1. The summed E-state index contributed by atoms with van der Waals surface area (Å²) >= 11 is 0. The first-order valence-electron chi connectivity index (χ1n) is 6.01. The molecular weight excluding hydrogens is 250 g/mol. The standard InChI is InChI=1S/C14H16F2N2O/c1-9-3-4-10(2)18(9)17-8-14(19)11-5-6-12(15)13(16)7-11/h3-7,14,17,19H,8H2,1-2H3. The van der Waals surface area contributed by atoms with Crippen LogP contribution in [0, 0.1) is 25.5 Å². The normalized spacial score (nSPS) is 12.5. The van der Waals surface area contributed by atoms with Gasteiger partial charge in [0, 0.05) is 11.4 Å². The molecule has 1 aromatic carbocycles. The number of nitrogens with zero attached hydrogens (tertiary/aromatic N) is 1. The molecule has 2 aromatic rings. The maximum Gasteiger partial charge on any atom is 0.159 e. The molecule has 3 nitrogen and oxygen atoms in total. The highest BCUT2D eigenvalue weighted by Crippen LogP contribution is 2.16. The van der Waals surface area contributed by atoms with Crippen molar-refractivity contribution >= 4 is 0 Å². The predicted molar refractivity (Wildman–Crippen MR) is 69.5 cm³/mol. The van der Waals surface area contributed by atoms with Crippen molar-refractivity contribution in [3.63, 3.8) is 0 Å². The van der Waals surface area contributed by atoms with Gasteiger partial charge in [0.1, 0.15) is 0 Å². The summed E-state index contributed by atoms with van der Waals surface area (Å²) < 4.78 is 27.7. The summed E-state index contributed by atoms with van der Waals surface area (Å²) in [5.41, 5.74) is 5.40. The highest BCUT2D eigenvalue weighted by Gasteiger charge is 2.11. The molecule has 0 amide bonds. The van der Waals surface area contributed by atoms with E-state index in [1.165, 1.54) is 6.07 Å². The zero-order valence-electron chi connectivity index (χ0n) is 10.8. The lowest BCUT2D eigenvalue weighted by molar-refractivity contribution is 0.187. The second-order valence-corrected chi connectivity index (χ2v) is 4.50. The van der Waals surface area contributed by atoms with Crippen LogP contribution in [0.15, 0.2) is 30.3 Å². The average molecular weight is 266 g/mol. The van der Waals surface area contributed by atoms with E-state index in [4.69, 9.17) is 0 Å². The highest BCUT2D eigenvalue weighted by atomic mass is 19.2. The zero-order valence-corrected chi connectivity index (χ0v) is 10.8. The Bertz CT molecular complexity index is 561. The van der Waals surface area contributed by atoms with E-state index in [0.717, 1.165) is 23.5 Å². The van der Waals surface area contributed by atoms with Gasteiger partial charge in [0.05, 0.1) is 12.6 Å². The van der Waals surface area contributed by atoms with Crippen LogP contribution in [0.1, 0.15) is 23.1 Å². The Balaban J connectivity index is 2.05. The minimum Gasteiger partial charge on any atom is -0.386 e. The van der Waals surface area contributed by atoms with Crippen molar-refractivity contribution in [1.29, 1.82) is 0 Å². The second kappa shape index (κ2) is 5.40. The van der Waals surface area contributed by atoms with Gasteiger partial charge in [-0.3, -0.25) is 4.68 Å². The Hall–Kier alpha value is -1.88. The molecule has 0 fully saturated rings. The molecule has 0 aliphatic rings. The van der Waals surface area contributed by atoms with Crippen LogP contribution in [-0.2, 0) is 0 Å². The van der Waals surface area contributed by atoms with E-state index < -0.39 is 17.7 Å². The maximum absolute atomic E-state index is 13.1. The Morgan fingerprint density at radius 2 is 1.74 bits per heavy atom. The van der Waals surface area contributed by atoms with E-state index in [9.17, 15) is 13.9 Å². The number of nitrogens with one attached hydrogen (secondary N) is 1. The zero-order chi connectivity index (χ0) is 14.0. The molecule has 0 saturated heterocycles. The summed E-state index contributed by atoms with van der Waals surface area (Å²) in [7, 11) is 0. The predicted octanol–water partition coefficient (Wildman–Crippen LogP) is 2.66. The van der Waals surface area contributed by atoms with E-state index in [0.29, 0.717) is 5.56 Å². The van der Waals surface area contributed by atoms with E-state index in [-0.39, 0.29) is 6.54 Å². The fourth-order valence-corrected chi connectivity index (χ4v) is 1.93. The van der Waals surface area contributed by atoms with E-state index in [1.807, 2.05) is 30.7 Å². The van der Waals surface area contributed by atoms with E-state index in [1.54, 1.807) is 0 Å². The van der Waals surface area contributed by atoms with Crippen molar-refractivity contribution in [1.82, 2.24) is 4.68 Å². The molecule has 0 aliphatic carbocycles. The molecule has 1 aromatic heterocycles. The number of aliphatic hydroxyl groups is 1. The van der Waals surface area contributed by atoms with Gasteiger partial charge >= 0.3 is 0 Å². The van der Waals surface area contributed by atoms with Gasteiger partial charge in [0.25, 0.3) is 0 Å². The smallest absolute Gasteiger partial charge is 0.159 e. The molecule has 19 heavy (non-hydrogen) atoms. The average Bonchev–Trinajstić information content (AvgIpc) is 2.69. The first kappa shape index (κ1) is 13.5. The Morgan fingerprint density at radius 1 is 1.11 bits per heavy atom. The van der Waals surface area contributed by atoms with Crippen molar-refractivity contribution in [2.75, 3.05) is 12.0 Å². The lowest BCUT2D eigenvalue weighted by Gasteiger charge is -2.17. The van der Waals surface area contributed by atoms with Gasteiger partial charge < -0.3 is 10.5 Å². The molecule has 1 atom stereocenters. The molecule has 0 saturated carbocycles. The van der Waals surface area contributed by atoms with E-state index in [2.05, 4.69) is 5.43 Å².